The molecule has 1 amide bonds. The summed E-state index contributed by atoms with van der Waals surface area (Å²) in [5.74, 6) is 0.0206. The highest BCUT2D eigenvalue weighted by Gasteiger charge is 2.36. The molecule has 4 nitrogen and oxygen atoms in total. The van der Waals surface area contributed by atoms with Gasteiger partial charge < -0.3 is 9.64 Å². The molecule has 0 aromatic carbocycles. The highest BCUT2D eigenvalue weighted by atomic mass is 16.5. The molecule has 0 aromatic rings. The number of rotatable bonds is 1. The lowest BCUT2D eigenvalue weighted by Crippen LogP contribution is -2.39. The van der Waals surface area contributed by atoms with Crippen LogP contribution in [0.3, 0.4) is 0 Å². The van der Waals surface area contributed by atoms with Gasteiger partial charge in [-0.2, -0.15) is 0 Å². The second kappa shape index (κ2) is 3.77. The second-order valence-electron chi connectivity index (χ2n) is 3.55. The van der Waals surface area contributed by atoms with Crippen LogP contribution >= 0.6 is 0 Å². The summed E-state index contributed by atoms with van der Waals surface area (Å²) in [4.78, 5) is 24.0. The Morgan fingerprint density at radius 2 is 2.08 bits per heavy atom. The summed E-state index contributed by atoms with van der Waals surface area (Å²) in [6.07, 6.45) is 0.715. The first-order valence-electron chi connectivity index (χ1n) is 4.41. The number of amides is 1. The Labute approximate surface area is 77.8 Å². The van der Waals surface area contributed by atoms with Crippen molar-refractivity contribution in [2.24, 2.45) is 5.92 Å². The van der Waals surface area contributed by atoms with Crippen LogP contribution in [0.15, 0.2) is 0 Å². The maximum Gasteiger partial charge on any atom is 0.328 e. The summed E-state index contributed by atoms with van der Waals surface area (Å²) in [5, 5.41) is 0. The Morgan fingerprint density at radius 3 is 2.54 bits per heavy atom. The standard InChI is InChI=1S/C9H15NO3/c1-6-4-8(9(12)13-3)10(5-6)7(2)11/h6,8H,4-5H2,1-3H3/t6-,8-/m0/s1/i2+1. The molecule has 2 atom stereocenters. The largest absolute Gasteiger partial charge is 0.467 e. The van der Waals surface area contributed by atoms with E-state index in [-0.39, 0.29) is 17.9 Å². The van der Waals surface area contributed by atoms with E-state index in [2.05, 4.69) is 4.74 Å². The van der Waals surface area contributed by atoms with Crippen molar-refractivity contribution in [3.05, 3.63) is 0 Å². The van der Waals surface area contributed by atoms with Crippen LogP contribution in [-0.4, -0.2) is 36.5 Å². The molecule has 1 saturated heterocycles. The van der Waals surface area contributed by atoms with Crippen molar-refractivity contribution < 1.29 is 14.3 Å². The van der Waals surface area contributed by atoms with E-state index >= 15 is 0 Å². The van der Waals surface area contributed by atoms with Gasteiger partial charge in [-0.15, -0.1) is 0 Å². The van der Waals surface area contributed by atoms with Gasteiger partial charge in [0.25, 0.3) is 0 Å². The van der Waals surface area contributed by atoms with E-state index in [1.807, 2.05) is 6.92 Å². The van der Waals surface area contributed by atoms with Crippen LogP contribution in [0.2, 0.25) is 0 Å². The zero-order valence-corrected chi connectivity index (χ0v) is 8.24. The Hall–Kier alpha value is -1.06. The van der Waals surface area contributed by atoms with Crippen LogP contribution in [0, 0.1) is 5.92 Å². The zero-order chi connectivity index (χ0) is 10.0. The van der Waals surface area contributed by atoms with Crippen molar-refractivity contribution >= 4 is 11.9 Å². The fourth-order valence-corrected chi connectivity index (χ4v) is 1.75. The van der Waals surface area contributed by atoms with E-state index < -0.39 is 0 Å². The summed E-state index contributed by atoms with van der Waals surface area (Å²) >= 11 is 0. The number of carbonyl (C=O) groups excluding carboxylic acids is 2. The highest BCUT2D eigenvalue weighted by Crippen LogP contribution is 2.23. The summed E-state index contributed by atoms with van der Waals surface area (Å²) in [7, 11) is 1.35. The molecule has 0 saturated carbocycles. The Balaban J connectivity index is 2.71. The minimum absolute atomic E-state index is 0.0558. The predicted octanol–water partition coefficient (Wildman–Crippen LogP) is 0.416. The SMILES string of the molecule is COC(=O)[C@@H]1C[C@H](C)CN1C([13CH3])=O. The van der Waals surface area contributed by atoms with Gasteiger partial charge in [0.2, 0.25) is 5.91 Å². The van der Waals surface area contributed by atoms with E-state index in [0.717, 1.165) is 0 Å². The average molecular weight is 186 g/mol. The predicted molar refractivity (Wildman–Crippen MR) is 47.0 cm³/mol. The molecule has 74 valence electrons. The molecule has 1 aliphatic heterocycles. The van der Waals surface area contributed by atoms with Crippen LogP contribution < -0.4 is 0 Å². The van der Waals surface area contributed by atoms with Crippen molar-refractivity contribution in [2.45, 2.75) is 26.3 Å². The fraction of sp³-hybridized carbons (Fsp3) is 0.778. The van der Waals surface area contributed by atoms with Crippen molar-refractivity contribution in [1.82, 2.24) is 4.90 Å². The summed E-state index contributed by atoms with van der Waals surface area (Å²) in [6, 6.07) is -0.363. The summed E-state index contributed by atoms with van der Waals surface area (Å²) in [5.41, 5.74) is 0. The number of ether oxygens (including phenoxy) is 1. The summed E-state index contributed by atoms with van der Waals surface area (Å²) < 4.78 is 4.63. The van der Waals surface area contributed by atoms with E-state index in [0.29, 0.717) is 18.9 Å². The molecule has 0 aliphatic carbocycles. The number of likely N-dealkylation sites (tertiary alicyclic amines) is 1. The summed E-state index contributed by atoms with van der Waals surface area (Å²) in [6.45, 7) is 4.17. The molecule has 1 heterocycles. The topological polar surface area (TPSA) is 46.6 Å². The maximum absolute atomic E-state index is 11.3. The third kappa shape index (κ3) is 1.99. The molecule has 0 aromatic heterocycles. The van der Waals surface area contributed by atoms with Crippen LogP contribution in [0.5, 0.6) is 0 Å². The highest BCUT2D eigenvalue weighted by molar-refractivity contribution is 5.83. The molecule has 0 spiro atoms. The van der Waals surface area contributed by atoms with Gasteiger partial charge >= 0.3 is 5.97 Å². The fourth-order valence-electron chi connectivity index (χ4n) is 1.75. The van der Waals surface area contributed by atoms with Crippen molar-refractivity contribution in [2.75, 3.05) is 13.7 Å². The molecule has 1 fully saturated rings. The quantitative estimate of drug-likeness (QED) is 0.440. The normalized spacial score (nSPS) is 27.5. The molecule has 0 radical (unpaired) electrons. The van der Waals surface area contributed by atoms with E-state index in [1.165, 1.54) is 14.0 Å². The van der Waals surface area contributed by atoms with Gasteiger partial charge in [0, 0.05) is 13.5 Å². The van der Waals surface area contributed by atoms with Crippen LogP contribution in [0.25, 0.3) is 0 Å². The first-order valence-corrected chi connectivity index (χ1v) is 4.41. The van der Waals surface area contributed by atoms with Crippen molar-refractivity contribution in [3.63, 3.8) is 0 Å². The maximum atomic E-state index is 11.3. The monoisotopic (exact) mass is 186 g/mol. The number of hydrogen-bond donors (Lipinski definition) is 0. The molecule has 1 aliphatic rings. The molecule has 13 heavy (non-hydrogen) atoms. The van der Waals surface area contributed by atoms with Gasteiger partial charge in [0.1, 0.15) is 6.04 Å². The lowest BCUT2D eigenvalue weighted by Gasteiger charge is -2.20. The van der Waals surface area contributed by atoms with E-state index in [9.17, 15) is 9.59 Å². The van der Waals surface area contributed by atoms with Gasteiger partial charge in [0.05, 0.1) is 7.11 Å². The van der Waals surface area contributed by atoms with Crippen molar-refractivity contribution in [1.29, 1.82) is 0 Å². The molecule has 0 bridgehead atoms. The third-order valence-electron chi connectivity index (χ3n) is 2.39. The Kier molecular flexibility index (Phi) is 2.90. The minimum Gasteiger partial charge on any atom is -0.467 e. The molecular weight excluding hydrogens is 171 g/mol. The lowest BCUT2D eigenvalue weighted by atomic mass is 10.1. The number of esters is 1. The lowest BCUT2D eigenvalue weighted by molar-refractivity contribution is -0.150. The molecule has 0 unspecified atom stereocenters. The number of methoxy groups -OCH3 is 1. The van der Waals surface area contributed by atoms with Crippen LogP contribution in [0.4, 0.5) is 0 Å². The second-order valence-corrected chi connectivity index (χ2v) is 3.55. The first-order chi connectivity index (χ1) is 6.06. The van der Waals surface area contributed by atoms with Gasteiger partial charge in [-0.05, 0) is 12.3 Å². The van der Waals surface area contributed by atoms with Crippen LogP contribution in [0.1, 0.15) is 20.3 Å². The number of carbonyl (C=O) groups is 2. The number of hydrogen-bond acceptors (Lipinski definition) is 3. The third-order valence-corrected chi connectivity index (χ3v) is 2.39. The minimum atomic E-state index is -0.363. The van der Waals surface area contributed by atoms with Crippen LogP contribution in [-0.2, 0) is 14.3 Å². The van der Waals surface area contributed by atoms with E-state index in [4.69, 9.17) is 0 Å². The average Bonchev–Trinajstić information content (AvgIpc) is 2.46. The number of nitrogens with zero attached hydrogens (tertiary/aromatic N) is 1. The van der Waals surface area contributed by atoms with Gasteiger partial charge in [-0.1, -0.05) is 6.92 Å². The first kappa shape index (κ1) is 10.0. The van der Waals surface area contributed by atoms with Crippen molar-refractivity contribution in [3.8, 4) is 0 Å². The van der Waals surface area contributed by atoms with Gasteiger partial charge in [-0.3, -0.25) is 4.79 Å². The smallest absolute Gasteiger partial charge is 0.328 e. The Bertz CT molecular complexity index is 227. The Morgan fingerprint density at radius 1 is 1.46 bits per heavy atom. The van der Waals surface area contributed by atoms with Gasteiger partial charge in [0.15, 0.2) is 0 Å². The van der Waals surface area contributed by atoms with E-state index in [1.54, 1.807) is 4.90 Å². The molecule has 0 N–H and O–H groups in total. The zero-order valence-electron chi connectivity index (χ0n) is 8.24. The molecule has 1 rings (SSSR count). The molecule has 4 heteroatoms. The van der Waals surface area contributed by atoms with Gasteiger partial charge in [-0.25, -0.2) is 4.79 Å². The molecular formula is C9H15NO3.